The highest BCUT2D eigenvalue weighted by atomic mass is 79.9. The zero-order valence-corrected chi connectivity index (χ0v) is 13.4. The molecule has 0 aliphatic heterocycles. The predicted molar refractivity (Wildman–Crippen MR) is 85.2 cm³/mol. The van der Waals surface area contributed by atoms with E-state index in [2.05, 4.69) is 34.2 Å². The van der Waals surface area contributed by atoms with Crippen LogP contribution in [0.25, 0.3) is 0 Å². The Bertz CT molecular complexity index is 655. The van der Waals surface area contributed by atoms with Gasteiger partial charge in [0.05, 0.1) is 4.47 Å². The van der Waals surface area contributed by atoms with E-state index in [4.69, 9.17) is 4.74 Å². The molecule has 110 valence electrons. The van der Waals surface area contributed by atoms with Crippen molar-refractivity contribution >= 4 is 15.9 Å². The predicted octanol–water partition coefficient (Wildman–Crippen LogP) is 4.94. The van der Waals surface area contributed by atoms with Gasteiger partial charge < -0.3 is 10.1 Å². The topological polar surface area (TPSA) is 21.3 Å². The maximum atomic E-state index is 13.1. The van der Waals surface area contributed by atoms with Gasteiger partial charge in [-0.05, 0) is 60.0 Å². The van der Waals surface area contributed by atoms with Gasteiger partial charge in [-0.25, -0.2) is 4.39 Å². The van der Waals surface area contributed by atoms with Gasteiger partial charge in [0, 0.05) is 18.2 Å². The average Bonchev–Trinajstić information content (AvgIpc) is 3.26. The molecule has 21 heavy (non-hydrogen) atoms. The van der Waals surface area contributed by atoms with E-state index in [9.17, 15) is 4.39 Å². The highest BCUT2D eigenvalue weighted by Gasteiger charge is 2.20. The Kier molecular flexibility index (Phi) is 4.27. The molecule has 1 aliphatic carbocycles. The fraction of sp³-hybridized carbons (Fsp3) is 0.294. The minimum absolute atomic E-state index is 0.284. The average molecular weight is 350 g/mol. The molecular weight excluding hydrogens is 333 g/mol. The molecule has 1 aliphatic rings. The van der Waals surface area contributed by atoms with Crippen molar-refractivity contribution in [1.29, 1.82) is 0 Å². The van der Waals surface area contributed by atoms with Crippen molar-refractivity contribution < 1.29 is 9.13 Å². The number of hydrogen-bond donors (Lipinski definition) is 1. The van der Waals surface area contributed by atoms with Crippen LogP contribution in [0.3, 0.4) is 0 Å². The van der Waals surface area contributed by atoms with Crippen molar-refractivity contribution in [3.63, 3.8) is 0 Å². The second kappa shape index (κ2) is 6.16. The summed E-state index contributed by atoms with van der Waals surface area (Å²) >= 11 is 3.34. The SMILES string of the molecule is Cc1ccc(Oc2ccc(F)cc2Br)c(CNC2CC2)c1. The zero-order chi connectivity index (χ0) is 14.8. The third-order valence-corrected chi connectivity index (χ3v) is 4.11. The Balaban J connectivity index is 1.82. The number of hydrogen-bond acceptors (Lipinski definition) is 2. The van der Waals surface area contributed by atoms with Crippen LogP contribution in [0.2, 0.25) is 0 Å². The highest BCUT2D eigenvalue weighted by molar-refractivity contribution is 9.10. The second-order valence-electron chi connectivity index (χ2n) is 5.44. The molecule has 0 heterocycles. The molecule has 0 bridgehead atoms. The molecule has 0 amide bonds. The lowest BCUT2D eigenvalue weighted by atomic mass is 10.1. The largest absolute Gasteiger partial charge is 0.456 e. The number of aryl methyl sites for hydroxylation is 1. The first kappa shape index (κ1) is 14.5. The standard InChI is InChI=1S/C17H17BrFNO/c1-11-2-6-16(12(8-11)10-20-14-4-5-14)21-17-7-3-13(19)9-15(17)18/h2-3,6-9,14,20H,4-5,10H2,1H3. The van der Waals surface area contributed by atoms with Gasteiger partial charge >= 0.3 is 0 Å². The van der Waals surface area contributed by atoms with Crippen molar-refractivity contribution in [3.8, 4) is 11.5 Å². The minimum Gasteiger partial charge on any atom is -0.456 e. The Morgan fingerprint density at radius 1 is 1.19 bits per heavy atom. The number of ether oxygens (including phenoxy) is 1. The highest BCUT2D eigenvalue weighted by Crippen LogP contribution is 2.32. The van der Waals surface area contributed by atoms with Gasteiger partial charge in [0.15, 0.2) is 0 Å². The summed E-state index contributed by atoms with van der Waals surface area (Å²) in [6, 6.07) is 11.2. The van der Waals surface area contributed by atoms with Crippen LogP contribution in [0.4, 0.5) is 4.39 Å². The molecule has 0 saturated heterocycles. The third kappa shape index (κ3) is 3.83. The summed E-state index contributed by atoms with van der Waals surface area (Å²) < 4.78 is 19.7. The van der Waals surface area contributed by atoms with E-state index in [0.29, 0.717) is 16.3 Å². The first-order valence-electron chi connectivity index (χ1n) is 7.07. The van der Waals surface area contributed by atoms with Crippen molar-refractivity contribution in [2.75, 3.05) is 0 Å². The van der Waals surface area contributed by atoms with Crippen molar-refractivity contribution in [1.82, 2.24) is 5.32 Å². The van der Waals surface area contributed by atoms with E-state index >= 15 is 0 Å². The number of nitrogens with one attached hydrogen (secondary N) is 1. The summed E-state index contributed by atoms with van der Waals surface area (Å²) in [5, 5.41) is 3.50. The van der Waals surface area contributed by atoms with Gasteiger partial charge in [-0.2, -0.15) is 0 Å². The van der Waals surface area contributed by atoms with Gasteiger partial charge in [0.2, 0.25) is 0 Å². The van der Waals surface area contributed by atoms with Crippen molar-refractivity contribution in [3.05, 3.63) is 57.8 Å². The Labute approximate surface area is 132 Å². The molecule has 1 fully saturated rings. The van der Waals surface area contributed by atoms with Crippen LogP contribution >= 0.6 is 15.9 Å². The second-order valence-corrected chi connectivity index (χ2v) is 6.30. The van der Waals surface area contributed by atoms with Crippen LogP contribution in [-0.2, 0) is 6.54 Å². The lowest BCUT2D eigenvalue weighted by Gasteiger charge is -2.14. The van der Waals surface area contributed by atoms with E-state index in [1.807, 2.05) is 12.1 Å². The number of rotatable bonds is 5. The molecule has 2 nitrogen and oxygen atoms in total. The molecule has 0 spiro atoms. The Morgan fingerprint density at radius 3 is 2.67 bits per heavy atom. The first-order chi connectivity index (χ1) is 10.1. The van der Waals surface area contributed by atoms with Crippen molar-refractivity contribution in [2.24, 2.45) is 0 Å². The van der Waals surface area contributed by atoms with Crippen molar-refractivity contribution in [2.45, 2.75) is 32.4 Å². The van der Waals surface area contributed by atoms with Crippen LogP contribution in [0.5, 0.6) is 11.5 Å². The van der Waals surface area contributed by atoms with E-state index in [0.717, 1.165) is 17.9 Å². The van der Waals surface area contributed by atoms with Gasteiger partial charge in [-0.15, -0.1) is 0 Å². The molecule has 0 unspecified atom stereocenters. The lowest BCUT2D eigenvalue weighted by Crippen LogP contribution is -2.15. The molecule has 3 rings (SSSR count). The molecule has 2 aromatic rings. The molecule has 0 radical (unpaired) electrons. The van der Waals surface area contributed by atoms with Crippen LogP contribution in [-0.4, -0.2) is 6.04 Å². The third-order valence-electron chi connectivity index (χ3n) is 3.49. The van der Waals surface area contributed by atoms with E-state index in [-0.39, 0.29) is 5.82 Å². The molecule has 1 N–H and O–H groups in total. The van der Waals surface area contributed by atoms with Crippen LogP contribution < -0.4 is 10.1 Å². The first-order valence-corrected chi connectivity index (χ1v) is 7.87. The Hall–Kier alpha value is -1.39. The van der Waals surface area contributed by atoms with Crippen LogP contribution in [0, 0.1) is 12.7 Å². The molecular formula is C17H17BrFNO. The maximum Gasteiger partial charge on any atom is 0.141 e. The summed E-state index contributed by atoms with van der Waals surface area (Å²) in [4.78, 5) is 0. The molecule has 4 heteroatoms. The Morgan fingerprint density at radius 2 is 1.95 bits per heavy atom. The number of halogens is 2. The summed E-state index contributed by atoms with van der Waals surface area (Å²) in [5.41, 5.74) is 2.33. The molecule has 2 aromatic carbocycles. The van der Waals surface area contributed by atoms with E-state index in [1.54, 1.807) is 6.07 Å². The molecule has 0 atom stereocenters. The van der Waals surface area contributed by atoms with E-state index in [1.165, 1.54) is 30.5 Å². The summed E-state index contributed by atoms with van der Waals surface area (Å²) in [6.07, 6.45) is 2.51. The van der Waals surface area contributed by atoms with Crippen LogP contribution in [0.1, 0.15) is 24.0 Å². The summed E-state index contributed by atoms with van der Waals surface area (Å²) in [6.45, 7) is 2.86. The van der Waals surface area contributed by atoms with Gasteiger partial charge in [0.25, 0.3) is 0 Å². The fourth-order valence-electron chi connectivity index (χ4n) is 2.16. The van der Waals surface area contributed by atoms with Gasteiger partial charge in [-0.3, -0.25) is 0 Å². The normalized spacial score (nSPS) is 14.2. The fourth-order valence-corrected chi connectivity index (χ4v) is 2.60. The quantitative estimate of drug-likeness (QED) is 0.825. The lowest BCUT2D eigenvalue weighted by molar-refractivity contribution is 0.467. The summed E-state index contributed by atoms with van der Waals surface area (Å²) in [5.74, 6) is 1.14. The monoisotopic (exact) mass is 349 g/mol. The maximum absolute atomic E-state index is 13.1. The van der Waals surface area contributed by atoms with Gasteiger partial charge in [-0.1, -0.05) is 17.7 Å². The minimum atomic E-state index is -0.284. The number of benzene rings is 2. The zero-order valence-electron chi connectivity index (χ0n) is 11.8. The van der Waals surface area contributed by atoms with E-state index < -0.39 is 0 Å². The van der Waals surface area contributed by atoms with Crippen LogP contribution in [0.15, 0.2) is 40.9 Å². The summed E-state index contributed by atoms with van der Waals surface area (Å²) in [7, 11) is 0. The smallest absolute Gasteiger partial charge is 0.141 e. The molecule has 1 saturated carbocycles. The molecule has 0 aromatic heterocycles. The van der Waals surface area contributed by atoms with Gasteiger partial charge in [0.1, 0.15) is 17.3 Å².